The monoisotopic (exact) mass is 285 g/mol. The van der Waals surface area contributed by atoms with Crippen LogP contribution in [0.2, 0.25) is 0 Å². The van der Waals surface area contributed by atoms with E-state index in [2.05, 4.69) is 31.2 Å². The maximum Gasteiger partial charge on any atom is 0.00759 e. The van der Waals surface area contributed by atoms with Crippen LogP contribution in [0.5, 0.6) is 0 Å². The summed E-state index contributed by atoms with van der Waals surface area (Å²) in [4.78, 5) is 0. The van der Waals surface area contributed by atoms with Crippen LogP contribution in [-0.4, -0.2) is 6.04 Å². The van der Waals surface area contributed by atoms with Gasteiger partial charge < -0.3 is 5.73 Å². The summed E-state index contributed by atoms with van der Waals surface area (Å²) in [5, 5.41) is 0. The van der Waals surface area contributed by atoms with Crippen molar-refractivity contribution in [2.75, 3.05) is 0 Å². The van der Waals surface area contributed by atoms with E-state index in [9.17, 15) is 0 Å². The zero-order valence-corrected chi connectivity index (χ0v) is 13.6. The summed E-state index contributed by atoms with van der Waals surface area (Å²) in [7, 11) is 0. The van der Waals surface area contributed by atoms with Gasteiger partial charge in [-0.25, -0.2) is 0 Å². The highest BCUT2D eigenvalue weighted by atomic mass is 14.7. The Balaban J connectivity index is 1.45. The second-order valence-electron chi connectivity index (χ2n) is 7.22. The average molecular weight is 285 g/mol. The normalized spacial score (nSPS) is 27.8. The second-order valence-corrected chi connectivity index (χ2v) is 7.22. The standard InChI is InChI=1S/C20H31N/c1-2-3-4-5-6-7-12-18(21)20-17-14-13-15-10-8-9-11-16(15)19(17)20/h8-11,17-20H,2-7,12-14,21H2,1H3. The van der Waals surface area contributed by atoms with Gasteiger partial charge in [-0.2, -0.15) is 0 Å². The lowest BCUT2D eigenvalue weighted by Crippen LogP contribution is -2.23. The highest BCUT2D eigenvalue weighted by molar-refractivity contribution is 5.39. The molecule has 0 heterocycles. The lowest BCUT2D eigenvalue weighted by molar-refractivity contribution is 0.472. The molecule has 0 bridgehead atoms. The van der Waals surface area contributed by atoms with E-state index in [4.69, 9.17) is 5.73 Å². The smallest absolute Gasteiger partial charge is 0.00759 e. The number of rotatable bonds is 8. The largest absolute Gasteiger partial charge is 0.327 e. The van der Waals surface area contributed by atoms with Crippen LogP contribution in [-0.2, 0) is 6.42 Å². The summed E-state index contributed by atoms with van der Waals surface area (Å²) in [6, 6.07) is 9.50. The Labute approximate surface area is 130 Å². The fraction of sp³-hybridized carbons (Fsp3) is 0.700. The van der Waals surface area contributed by atoms with E-state index in [0.29, 0.717) is 6.04 Å². The average Bonchev–Trinajstić information content (AvgIpc) is 3.25. The Bertz CT molecular complexity index is 453. The first kappa shape index (κ1) is 15.1. The van der Waals surface area contributed by atoms with Crippen molar-refractivity contribution in [1.29, 1.82) is 0 Å². The van der Waals surface area contributed by atoms with Gasteiger partial charge in [-0.15, -0.1) is 0 Å². The lowest BCUT2D eigenvalue weighted by Gasteiger charge is -2.13. The minimum absolute atomic E-state index is 0.442. The molecule has 116 valence electrons. The van der Waals surface area contributed by atoms with E-state index in [-0.39, 0.29) is 0 Å². The number of benzene rings is 1. The van der Waals surface area contributed by atoms with Crippen LogP contribution in [0, 0.1) is 11.8 Å². The zero-order chi connectivity index (χ0) is 14.7. The first-order chi connectivity index (χ1) is 10.3. The second kappa shape index (κ2) is 6.96. The van der Waals surface area contributed by atoms with E-state index in [1.165, 1.54) is 57.8 Å². The molecule has 1 nitrogen and oxygen atoms in total. The first-order valence-electron chi connectivity index (χ1n) is 9.16. The number of hydrogen-bond acceptors (Lipinski definition) is 1. The molecule has 1 heteroatoms. The molecule has 1 fully saturated rings. The van der Waals surface area contributed by atoms with E-state index in [0.717, 1.165) is 17.8 Å². The quantitative estimate of drug-likeness (QED) is 0.665. The summed E-state index contributed by atoms with van der Waals surface area (Å²) in [5.74, 6) is 2.48. The zero-order valence-electron chi connectivity index (χ0n) is 13.6. The highest BCUT2D eigenvalue weighted by Gasteiger charge is 2.54. The molecule has 1 aromatic carbocycles. The molecule has 0 amide bonds. The van der Waals surface area contributed by atoms with Crippen molar-refractivity contribution in [3.63, 3.8) is 0 Å². The molecule has 0 radical (unpaired) electrons. The van der Waals surface area contributed by atoms with Crippen molar-refractivity contribution in [2.24, 2.45) is 17.6 Å². The van der Waals surface area contributed by atoms with E-state index in [1.807, 2.05) is 0 Å². The predicted molar refractivity (Wildman–Crippen MR) is 90.5 cm³/mol. The molecular formula is C20H31N. The fourth-order valence-corrected chi connectivity index (χ4v) is 4.56. The van der Waals surface area contributed by atoms with Crippen molar-refractivity contribution >= 4 is 0 Å². The molecule has 0 saturated heterocycles. The third-order valence-electron chi connectivity index (χ3n) is 5.78. The number of hydrogen-bond donors (Lipinski definition) is 1. The maximum absolute atomic E-state index is 6.54. The fourth-order valence-electron chi connectivity index (χ4n) is 4.56. The molecular weight excluding hydrogens is 254 g/mol. The highest BCUT2D eigenvalue weighted by Crippen LogP contribution is 2.61. The Kier molecular flexibility index (Phi) is 5.00. The van der Waals surface area contributed by atoms with Gasteiger partial charge in [0, 0.05) is 6.04 Å². The summed E-state index contributed by atoms with van der Waals surface area (Å²) in [5.41, 5.74) is 9.75. The molecule has 0 aromatic heterocycles. The molecule has 1 aromatic rings. The van der Waals surface area contributed by atoms with E-state index >= 15 is 0 Å². The SMILES string of the molecule is CCCCCCCCC(N)C1C2CCc3ccccc3C21. The van der Waals surface area contributed by atoms with Gasteiger partial charge in [0.15, 0.2) is 0 Å². The van der Waals surface area contributed by atoms with Gasteiger partial charge in [-0.3, -0.25) is 0 Å². The van der Waals surface area contributed by atoms with Crippen molar-refractivity contribution < 1.29 is 0 Å². The summed E-state index contributed by atoms with van der Waals surface area (Å²) in [6.45, 7) is 2.28. The summed E-state index contributed by atoms with van der Waals surface area (Å²) in [6.07, 6.45) is 12.2. The van der Waals surface area contributed by atoms with Gasteiger partial charge in [-0.05, 0) is 48.1 Å². The van der Waals surface area contributed by atoms with Crippen LogP contribution >= 0.6 is 0 Å². The molecule has 0 aliphatic heterocycles. The van der Waals surface area contributed by atoms with Crippen LogP contribution in [0.1, 0.15) is 75.3 Å². The molecule has 4 atom stereocenters. The lowest BCUT2D eigenvalue weighted by atomic mass is 9.92. The van der Waals surface area contributed by atoms with Gasteiger partial charge >= 0.3 is 0 Å². The van der Waals surface area contributed by atoms with Gasteiger partial charge in [0.1, 0.15) is 0 Å². The van der Waals surface area contributed by atoms with Gasteiger partial charge in [0.25, 0.3) is 0 Å². The van der Waals surface area contributed by atoms with Crippen LogP contribution in [0.3, 0.4) is 0 Å². The van der Waals surface area contributed by atoms with Gasteiger partial charge in [0.2, 0.25) is 0 Å². The molecule has 0 spiro atoms. The van der Waals surface area contributed by atoms with Crippen molar-refractivity contribution in [2.45, 2.75) is 76.7 Å². The van der Waals surface area contributed by atoms with E-state index in [1.54, 1.807) is 11.1 Å². The van der Waals surface area contributed by atoms with Crippen LogP contribution < -0.4 is 5.73 Å². The van der Waals surface area contributed by atoms with E-state index < -0.39 is 0 Å². The third-order valence-corrected chi connectivity index (χ3v) is 5.78. The van der Waals surface area contributed by atoms with Crippen LogP contribution in [0.15, 0.2) is 24.3 Å². The number of unbranched alkanes of at least 4 members (excludes halogenated alkanes) is 5. The minimum atomic E-state index is 0.442. The van der Waals surface area contributed by atoms with Crippen molar-refractivity contribution in [1.82, 2.24) is 0 Å². The molecule has 2 N–H and O–H groups in total. The number of aryl methyl sites for hydroxylation is 1. The Morgan fingerprint density at radius 2 is 1.86 bits per heavy atom. The Morgan fingerprint density at radius 3 is 2.71 bits per heavy atom. The molecule has 2 aliphatic carbocycles. The molecule has 21 heavy (non-hydrogen) atoms. The van der Waals surface area contributed by atoms with Crippen LogP contribution in [0.25, 0.3) is 0 Å². The number of nitrogens with two attached hydrogens (primary N) is 1. The summed E-state index contributed by atoms with van der Waals surface area (Å²) < 4.78 is 0. The first-order valence-corrected chi connectivity index (χ1v) is 9.16. The number of fused-ring (bicyclic) bond motifs is 3. The topological polar surface area (TPSA) is 26.0 Å². The Morgan fingerprint density at radius 1 is 1.10 bits per heavy atom. The van der Waals surface area contributed by atoms with Crippen molar-refractivity contribution in [3.8, 4) is 0 Å². The molecule has 4 unspecified atom stereocenters. The molecule has 1 saturated carbocycles. The van der Waals surface area contributed by atoms with Crippen LogP contribution in [0.4, 0.5) is 0 Å². The molecule has 2 aliphatic rings. The van der Waals surface area contributed by atoms with Crippen molar-refractivity contribution in [3.05, 3.63) is 35.4 Å². The van der Waals surface area contributed by atoms with Gasteiger partial charge in [-0.1, -0.05) is 69.7 Å². The minimum Gasteiger partial charge on any atom is -0.327 e. The van der Waals surface area contributed by atoms with Gasteiger partial charge in [0.05, 0.1) is 0 Å². The molecule has 3 rings (SSSR count). The summed E-state index contributed by atoms with van der Waals surface area (Å²) >= 11 is 0. The maximum atomic E-state index is 6.54. The predicted octanol–water partition coefficient (Wildman–Crippen LogP) is 5.04. The Hall–Kier alpha value is -0.820. The third kappa shape index (κ3) is 3.34.